The third-order valence-corrected chi connectivity index (χ3v) is 3.92. The number of hydrogen-bond donors (Lipinski definition) is 3. The number of pyridine rings is 1. The van der Waals surface area contributed by atoms with Gasteiger partial charge in [0.1, 0.15) is 5.82 Å². The lowest BCUT2D eigenvalue weighted by atomic mass is 10.0. The van der Waals surface area contributed by atoms with Crippen LogP contribution in [0.1, 0.15) is 11.1 Å². The van der Waals surface area contributed by atoms with E-state index in [1.165, 1.54) is 5.39 Å². The largest absolute Gasteiger partial charge is 0.384 e. The molecule has 1 amide bonds. The predicted molar refractivity (Wildman–Crippen MR) is 96.1 cm³/mol. The van der Waals surface area contributed by atoms with Crippen molar-refractivity contribution < 1.29 is 4.79 Å². The standard InChI is InChI=1S/C19H20N4O/c20-17(19(24)23-12-14-6-8-18(21)22-11-14)10-13-5-7-15-3-1-2-4-16(15)9-13/h1-9,11,17H,10,12,20H2,(H2,21,22)(H,23,24)/t17-/m0/s1. The first kappa shape index (κ1) is 16.0. The average molecular weight is 320 g/mol. The van der Waals surface area contributed by atoms with Crippen LogP contribution in [0.4, 0.5) is 5.82 Å². The number of fused-ring (bicyclic) bond motifs is 1. The molecule has 2 aromatic carbocycles. The van der Waals surface area contributed by atoms with Gasteiger partial charge in [-0.1, -0.05) is 48.5 Å². The fraction of sp³-hybridized carbons (Fsp3) is 0.158. The van der Waals surface area contributed by atoms with Gasteiger partial charge in [0.15, 0.2) is 0 Å². The fourth-order valence-corrected chi connectivity index (χ4v) is 2.57. The summed E-state index contributed by atoms with van der Waals surface area (Å²) in [5.74, 6) is 0.276. The summed E-state index contributed by atoms with van der Waals surface area (Å²) >= 11 is 0. The van der Waals surface area contributed by atoms with Crippen molar-refractivity contribution in [2.24, 2.45) is 5.73 Å². The molecule has 5 nitrogen and oxygen atoms in total. The maximum atomic E-state index is 12.2. The molecule has 122 valence electrons. The molecule has 0 aliphatic heterocycles. The lowest BCUT2D eigenvalue weighted by Gasteiger charge is -2.13. The molecule has 0 bridgehead atoms. The first-order chi connectivity index (χ1) is 11.6. The van der Waals surface area contributed by atoms with E-state index >= 15 is 0 Å². The number of carbonyl (C=O) groups is 1. The molecule has 0 aliphatic rings. The highest BCUT2D eigenvalue weighted by Gasteiger charge is 2.14. The highest BCUT2D eigenvalue weighted by molar-refractivity contribution is 5.84. The average Bonchev–Trinajstić information content (AvgIpc) is 2.61. The zero-order valence-electron chi connectivity index (χ0n) is 13.3. The minimum atomic E-state index is -0.590. The Morgan fingerprint density at radius 2 is 1.79 bits per heavy atom. The zero-order chi connectivity index (χ0) is 16.9. The van der Waals surface area contributed by atoms with E-state index in [-0.39, 0.29) is 5.91 Å². The summed E-state index contributed by atoms with van der Waals surface area (Å²) < 4.78 is 0. The molecule has 0 saturated carbocycles. The Kier molecular flexibility index (Phi) is 4.72. The first-order valence-electron chi connectivity index (χ1n) is 7.83. The molecule has 3 rings (SSSR count). The second-order valence-electron chi connectivity index (χ2n) is 5.80. The number of aromatic nitrogens is 1. The van der Waals surface area contributed by atoms with Crippen LogP contribution in [0.15, 0.2) is 60.8 Å². The number of hydrogen-bond acceptors (Lipinski definition) is 4. The van der Waals surface area contributed by atoms with Crippen LogP contribution < -0.4 is 16.8 Å². The smallest absolute Gasteiger partial charge is 0.237 e. The molecule has 24 heavy (non-hydrogen) atoms. The van der Waals surface area contributed by atoms with E-state index in [0.29, 0.717) is 18.8 Å². The van der Waals surface area contributed by atoms with Crippen molar-refractivity contribution in [3.05, 3.63) is 71.9 Å². The molecule has 3 aromatic rings. The van der Waals surface area contributed by atoms with Crippen LogP contribution in [0.25, 0.3) is 10.8 Å². The van der Waals surface area contributed by atoms with Crippen LogP contribution in [-0.2, 0) is 17.8 Å². The first-order valence-corrected chi connectivity index (χ1v) is 7.83. The predicted octanol–water partition coefficient (Wildman–Crippen LogP) is 2.00. The molecule has 0 aliphatic carbocycles. The monoisotopic (exact) mass is 320 g/mol. The number of amides is 1. The van der Waals surface area contributed by atoms with Gasteiger partial charge < -0.3 is 16.8 Å². The Morgan fingerprint density at radius 3 is 2.54 bits per heavy atom. The molecule has 5 N–H and O–H groups in total. The van der Waals surface area contributed by atoms with Gasteiger partial charge >= 0.3 is 0 Å². The van der Waals surface area contributed by atoms with Crippen molar-refractivity contribution in [3.63, 3.8) is 0 Å². The van der Waals surface area contributed by atoms with Gasteiger partial charge in [-0.05, 0) is 34.4 Å². The number of benzene rings is 2. The molecule has 1 heterocycles. The maximum Gasteiger partial charge on any atom is 0.237 e. The summed E-state index contributed by atoms with van der Waals surface area (Å²) in [5.41, 5.74) is 13.5. The van der Waals surface area contributed by atoms with Gasteiger partial charge in [-0.15, -0.1) is 0 Å². The van der Waals surface area contributed by atoms with E-state index in [9.17, 15) is 4.79 Å². The number of nitrogen functional groups attached to an aromatic ring is 1. The Morgan fingerprint density at radius 1 is 1.04 bits per heavy atom. The fourth-order valence-electron chi connectivity index (χ4n) is 2.57. The Balaban J connectivity index is 1.59. The highest BCUT2D eigenvalue weighted by atomic mass is 16.2. The van der Waals surface area contributed by atoms with Gasteiger partial charge in [0.05, 0.1) is 6.04 Å². The third kappa shape index (κ3) is 3.88. The van der Waals surface area contributed by atoms with Gasteiger partial charge in [0.25, 0.3) is 0 Å². The van der Waals surface area contributed by atoms with E-state index in [1.807, 2.05) is 24.3 Å². The van der Waals surface area contributed by atoms with Crippen molar-refractivity contribution in [1.29, 1.82) is 0 Å². The Bertz CT molecular complexity index is 845. The number of carbonyl (C=O) groups excluding carboxylic acids is 1. The third-order valence-electron chi connectivity index (χ3n) is 3.92. The van der Waals surface area contributed by atoms with E-state index < -0.39 is 6.04 Å². The summed E-state index contributed by atoms with van der Waals surface area (Å²) in [4.78, 5) is 16.2. The Labute approximate surface area is 140 Å². The lowest BCUT2D eigenvalue weighted by Crippen LogP contribution is -2.41. The summed E-state index contributed by atoms with van der Waals surface area (Å²) in [6.07, 6.45) is 2.14. The van der Waals surface area contributed by atoms with Gasteiger partial charge in [-0.25, -0.2) is 4.98 Å². The van der Waals surface area contributed by atoms with Gasteiger partial charge in [0, 0.05) is 12.7 Å². The highest BCUT2D eigenvalue weighted by Crippen LogP contribution is 2.16. The molecule has 1 aromatic heterocycles. The van der Waals surface area contributed by atoms with Crippen molar-refractivity contribution in [2.45, 2.75) is 19.0 Å². The topological polar surface area (TPSA) is 94.0 Å². The van der Waals surface area contributed by atoms with Crippen LogP contribution in [-0.4, -0.2) is 16.9 Å². The van der Waals surface area contributed by atoms with Crippen molar-refractivity contribution in [3.8, 4) is 0 Å². The van der Waals surface area contributed by atoms with Crippen LogP contribution in [0, 0.1) is 0 Å². The van der Waals surface area contributed by atoms with Crippen molar-refractivity contribution >= 4 is 22.5 Å². The quantitative estimate of drug-likeness (QED) is 0.670. The number of nitrogens with zero attached hydrogens (tertiary/aromatic N) is 1. The summed E-state index contributed by atoms with van der Waals surface area (Å²) in [6, 6.07) is 17.2. The summed E-state index contributed by atoms with van der Waals surface area (Å²) in [7, 11) is 0. The summed E-state index contributed by atoms with van der Waals surface area (Å²) in [5, 5.41) is 5.16. The van der Waals surface area contributed by atoms with Gasteiger partial charge in [-0.2, -0.15) is 0 Å². The minimum absolute atomic E-state index is 0.181. The molecule has 0 unspecified atom stereocenters. The molecule has 1 atom stereocenters. The van der Waals surface area contributed by atoms with Gasteiger partial charge in [-0.3, -0.25) is 4.79 Å². The van der Waals surface area contributed by atoms with Crippen molar-refractivity contribution in [1.82, 2.24) is 10.3 Å². The SMILES string of the molecule is Nc1ccc(CNC(=O)[C@@H](N)Cc2ccc3ccccc3c2)cn1. The van der Waals surface area contributed by atoms with Crippen LogP contribution in [0.3, 0.4) is 0 Å². The van der Waals surface area contributed by atoms with Crippen molar-refractivity contribution in [2.75, 3.05) is 5.73 Å². The summed E-state index contributed by atoms with van der Waals surface area (Å²) in [6.45, 7) is 0.386. The number of nitrogens with one attached hydrogen (secondary N) is 1. The Hall–Kier alpha value is -2.92. The number of anilines is 1. The van der Waals surface area contributed by atoms with Crippen LogP contribution in [0.5, 0.6) is 0 Å². The number of rotatable bonds is 5. The molecule has 0 spiro atoms. The van der Waals surface area contributed by atoms with Gasteiger partial charge in [0.2, 0.25) is 5.91 Å². The second-order valence-corrected chi connectivity index (χ2v) is 5.80. The van der Waals surface area contributed by atoms with Crippen LogP contribution >= 0.6 is 0 Å². The zero-order valence-corrected chi connectivity index (χ0v) is 13.3. The minimum Gasteiger partial charge on any atom is -0.384 e. The molecule has 0 saturated heterocycles. The lowest BCUT2D eigenvalue weighted by molar-refractivity contribution is -0.122. The molecule has 0 fully saturated rings. The van der Waals surface area contributed by atoms with E-state index in [0.717, 1.165) is 16.5 Å². The molecule has 5 heteroatoms. The van der Waals surface area contributed by atoms with Crippen LogP contribution in [0.2, 0.25) is 0 Å². The normalized spacial score (nSPS) is 12.0. The van der Waals surface area contributed by atoms with E-state index in [4.69, 9.17) is 11.5 Å². The molecule has 0 radical (unpaired) electrons. The second kappa shape index (κ2) is 7.10. The number of nitrogens with two attached hydrogens (primary N) is 2. The van der Waals surface area contributed by atoms with E-state index in [2.05, 4.69) is 34.6 Å². The molecular formula is C19H20N4O. The molecular weight excluding hydrogens is 300 g/mol. The van der Waals surface area contributed by atoms with E-state index in [1.54, 1.807) is 12.3 Å². The maximum absolute atomic E-state index is 12.2.